The molecule has 0 spiro atoms. The predicted molar refractivity (Wildman–Crippen MR) is 143 cm³/mol. The number of nitrogens with zero attached hydrogens (tertiary/aromatic N) is 2. The van der Waals surface area contributed by atoms with E-state index in [4.69, 9.17) is 16.3 Å². The highest BCUT2D eigenvalue weighted by atomic mass is 35.5. The van der Waals surface area contributed by atoms with E-state index in [1.165, 1.54) is 17.3 Å². The summed E-state index contributed by atoms with van der Waals surface area (Å²) in [7, 11) is 1.93. The number of hydrogen-bond acceptors (Lipinski definition) is 7. The Labute approximate surface area is 218 Å². The van der Waals surface area contributed by atoms with Gasteiger partial charge in [0.2, 0.25) is 5.12 Å². The molecule has 3 N–H and O–H groups in total. The zero-order chi connectivity index (χ0) is 25.3. The summed E-state index contributed by atoms with van der Waals surface area (Å²) in [5, 5.41) is 19.3. The Hall–Kier alpha value is -2.62. The van der Waals surface area contributed by atoms with Crippen LogP contribution in [0.1, 0.15) is 40.8 Å². The standard InChI is InChI=1S/C27H28ClN3O4S/c1-31(24-9-11-36-27(24,33)34)15-17-2-3-19-13-20(5-4-18(19)12-17)25-23(8-10-29-26(25)32)35-16-22-7-6-21(28)14-30-22/h2-3,6-8,10,12-14,24,33-34H,4-5,9,11,15-16H2,1H3,(H,29,32). The van der Waals surface area contributed by atoms with E-state index in [0.29, 0.717) is 29.3 Å². The summed E-state index contributed by atoms with van der Waals surface area (Å²) >= 11 is 7.10. The van der Waals surface area contributed by atoms with Gasteiger partial charge >= 0.3 is 0 Å². The molecule has 188 valence electrons. The van der Waals surface area contributed by atoms with Gasteiger partial charge in [-0.1, -0.05) is 47.6 Å². The molecule has 5 rings (SSSR count). The first-order valence-corrected chi connectivity index (χ1v) is 13.2. The van der Waals surface area contributed by atoms with Crippen LogP contribution in [0.25, 0.3) is 11.6 Å². The maximum Gasteiger partial charge on any atom is 0.259 e. The first kappa shape index (κ1) is 25.0. The lowest BCUT2D eigenvalue weighted by Gasteiger charge is -2.31. The van der Waals surface area contributed by atoms with Crippen molar-refractivity contribution in [1.82, 2.24) is 14.9 Å². The zero-order valence-corrected chi connectivity index (χ0v) is 21.5. The average Bonchev–Trinajstić information content (AvgIpc) is 3.22. The second kappa shape index (κ2) is 10.4. The summed E-state index contributed by atoms with van der Waals surface area (Å²) in [6.45, 7) is 0.865. The second-order valence-corrected chi connectivity index (χ2v) is 11.0. The van der Waals surface area contributed by atoms with Crippen LogP contribution >= 0.6 is 23.4 Å². The maximum absolute atomic E-state index is 12.8. The molecule has 3 aromatic rings. The highest BCUT2D eigenvalue weighted by Gasteiger charge is 2.42. The van der Waals surface area contributed by atoms with Crippen molar-refractivity contribution in [3.05, 3.63) is 92.1 Å². The minimum Gasteiger partial charge on any atom is -0.486 e. The molecule has 0 radical (unpaired) electrons. The number of benzene rings is 1. The molecule has 1 unspecified atom stereocenters. The lowest BCUT2D eigenvalue weighted by Crippen LogP contribution is -2.45. The van der Waals surface area contributed by atoms with Gasteiger partial charge in [-0.25, -0.2) is 0 Å². The molecule has 1 aromatic carbocycles. The average molecular weight is 526 g/mol. The summed E-state index contributed by atoms with van der Waals surface area (Å²) in [5.74, 6) is 1.26. The van der Waals surface area contributed by atoms with Gasteiger partial charge in [0, 0.05) is 24.7 Å². The third-order valence-electron chi connectivity index (χ3n) is 6.71. The Morgan fingerprint density at radius 2 is 2.11 bits per heavy atom. The Kier molecular flexibility index (Phi) is 7.23. The predicted octanol–water partition coefficient (Wildman–Crippen LogP) is 4.06. The van der Waals surface area contributed by atoms with Crippen LogP contribution in [0, 0.1) is 0 Å². The summed E-state index contributed by atoms with van der Waals surface area (Å²) in [5.41, 5.74) is 5.43. The SMILES string of the molecule is CN(Cc1ccc2c(c1)CCC(c1c(OCc3ccc(Cl)cn3)cc[nH]c1=O)=C2)C1CCSC1(O)O. The van der Waals surface area contributed by atoms with E-state index in [9.17, 15) is 15.0 Å². The van der Waals surface area contributed by atoms with E-state index in [2.05, 4.69) is 34.2 Å². The number of ether oxygens (including phenoxy) is 1. The number of pyridine rings is 2. The van der Waals surface area contributed by atoms with E-state index < -0.39 is 5.12 Å². The number of thioether (sulfide) groups is 1. The lowest BCUT2D eigenvalue weighted by molar-refractivity contribution is -0.124. The van der Waals surface area contributed by atoms with E-state index in [1.54, 1.807) is 30.6 Å². The second-order valence-electron chi connectivity index (χ2n) is 9.23. The molecular weight excluding hydrogens is 498 g/mol. The van der Waals surface area contributed by atoms with Gasteiger partial charge < -0.3 is 19.9 Å². The number of aromatic nitrogens is 2. The van der Waals surface area contributed by atoms with Gasteiger partial charge in [0.15, 0.2) is 0 Å². The van der Waals surface area contributed by atoms with Crippen molar-refractivity contribution in [3.8, 4) is 5.75 Å². The van der Waals surface area contributed by atoms with Crippen LogP contribution in [0.3, 0.4) is 0 Å². The van der Waals surface area contributed by atoms with Crippen molar-refractivity contribution < 1.29 is 14.9 Å². The number of nitrogens with one attached hydrogen (secondary N) is 1. The fourth-order valence-corrected chi connectivity index (χ4v) is 6.12. The van der Waals surface area contributed by atoms with Crippen molar-refractivity contribution in [1.29, 1.82) is 0 Å². The fraction of sp³-hybridized carbons (Fsp3) is 0.333. The normalized spacial score (nSPS) is 18.7. The number of halogens is 1. The number of rotatable bonds is 7. The highest BCUT2D eigenvalue weighted by molar-refractivity contribution is 8.00. The fourth-order valence-electron chi connectivity index (χ4n) is 4.88. The monoisotopic (exact) mass is 525 g/mol. The number of H-pyrrole nitrogens is 1. The summed E-state index contributed by atoms with van der Waals surface area (Å²) in [6.07, 6.45) is 7.48. The summed E-state index contributed by atoms with van der Waals surface area (Å²) in [4.78, 5) is 21.8. The molecule has 36 heavy (non-hydrogen) atoms. The number of aromatic amines is 1. The summed E-state index contributed by atoms with van der Waals surface area (Å²) in [6, 6.07) is 11.3. The molecule has 1 saturated heterocycles. The molecule has 9 heteroatoms. The zero-order valence-electron chi connectivity index (χ0n) is 19.9. The summed E-state index contributed by atoms with van der Waals surface area (Å²) < 4.78 is 6.00. The van der Waals surface area contributed by atoms with Crippen molar-refractivity contribution in [3.63, 3.8) is 0 Å². The molecule has 1 atom stereocenters. The third kappa shape index (κ3) is 5.38. The number of fused-ring (bicyclic) bond motifs is 1. The topological polar surface area (TPSA) is 98.7 Å². The number of allylic oxidation sites excluding steroid dienone is 1. The van der Waals surface area contributed by atoms with Crippen molar-refractivity contribution in [2.24, 2.45) is 0 Å². The molecule has 7 nitrogen and oxygen atoms in total. The molecular formula is C27H28ClN3O4S. The number of aryl methyl sites for hydroxylation is 1. The molecule has 1 aliphatic carbocycles. The molecule has 0 bridgehead atoms. The Morgan fingerprint density at radius 3 is 2.86 bits per heavy atom. The van der Waals surface area contributed by atoms with E-state index in [1.807, 2.05) is 11.9 Å². The number of aliphatic hydroxyl groups is 2. The van der Waals surface area contributed by atoms with Gasteiger partial charge in [0.1, 0.15) is 12.4 Å². The molecule has 2 aromatic heterocycles. The van der Waals surface area contributed by atoms with Crippen LogP contribution in [0.4, 0.5) is 0 Å². The molecule has 2 aliphatic rings. The Balaban J connectivity index is 1.35. The van der Waals surface area contributed by atoms with Crippen molar-refractivity contribution in [2.75, 3.05) is 12.8 Å². The largest absolute Gasteiger partial charge is 0.486 e. The van der Waals surface area contributed by atoms with Gasteiger partial charge in [-0.15, -0.1) is 0 Å². The van der Waals surface area contributed by atoms with Gasteiger partial charge in [-0.2, -0.15) is 0 Å². The van der Waals surface area contributed by atoms with Gasteiger partial charge in [0.25, 0.3) is 5.56 Å². The first-order chi connectivity index (χ1) is 17.3. The van der Waals surface area contributed by atoms with Crippen LogP contribution in [-0.2, 0) is 19.6 Å². The van der Waals surface area contributed by atoms with Crippen LogP contribution in [0.15, 0.2) is 53.6 Å². The van der Waals surface area contributed by atoms with Gasteiger partial charge in [0.05, 0.1) is 22.3 Å². The van der Waals surface area contributed by atoms with Crippen LogP contribution in [0.5, 0.6) is 5.75 Å². The lowest BCUT2D eigenvalue weighted by atomic mass is 9.88. The van der Waals surface area contributed by atoms with Crippen molar-refractivity contribution >= 4 is 35.0 Å². The maximum atomic E-state index is 12.8. The third-order valence-corrected chi connectivity index (χ3v) is 8.07. The molecule has 1 fully saturated rings. The van der Waals surface area contributed by atoms with Gasteiger partial charge in [-0.05, 0) is 66.8 Å². The highest BCUT2D eigenvalue weighted by Crippen LogP contribution is 2.37. The Morgan fingerprint density at radius 1 is 1.25 bits per heavy atom. The smallest absolute Gasteiger partial charge is 0.259 e. The molecule has 3 heterocycles. The van der Waals surface area contributed by atoms with Crippen LogP contribution in [-0.4, -0.2) is 49.0 Å². The van der Waals surface area contributed by atoms with E-state index >= 15 is 0 Å². The van der Waals surface area contributed by atoms with Gasteiger partial charge in [-0.3, -0.25) is 14.7 Å². The minimum absolute atomic E-state index is 0.185. The quantitative estimate of drug-likeness (QED) is 0.400. The van der Waals surface area contributed by atoms with Crippen molar-refractivity contribution in [2.45, 2.75) is 43.6 Å². The molecule has 1 aliphatic heterocycles. The molecule has 0 amide bonds. The number of likely N-dealkylation sites (N-methyl/N-ethyl adjacent to an activating group) is 1. The molecule has 0 saturated carbocycles. The van der Waals surface area contributed by atoms with Crippen LogP contribution in [0.2, 0.25) is 5.02 Å². The van der Waals surface area contributed by atoms with E-state index in [-0.39, 0.29) is 18.2 Å². The van der Waals surface area contributed by atoms with E-state index in [0.717, 1.165) is 41.0 Å². The first-order valence-electron chi connectivity index (χ1n) is 11.9. The number of hydrogen-bond donors (Lipinski definition) is 3. The Bertz CT molecular complexity index is 1340. The van der Waals surface area contributed by atoms with Crippen LogP contribution < -0.4 is 10.3 Å². The minimum atomic E-state index is -1.70.